The highest BCUT2D eigenvalue weighted by molar-refractivity contribution is 6.84. The number of hydrogen-bond acceptors (Lipinski definition) is 4. The highest BCUT2D eigenvalue weighted by Gasteiger charge is 2.42. The smallest absolute Gasteiger partial charge is 0.313 e. The zero-order valence-corrected chi connectivity index (χ0v) is 22.0. The molecule has 1 saturated heterocycles. The second-order valence-electron chi connectivity index (χ2n) is 9.57. The Hall–Kier alpha value is 0.708. The molecule has 1 heterocycles. The second kappa shape index (κ2) is 9.47. The molecular formula is C18H40O4Si4. The van der Waals surface area contributed by atoms with Crippen LogP contribution in [0.2, 0.25) is 32.2 Å². The fraction of sp³-hybridized carbons (Fsp3) is 1.00. The summed E-state index contributed by atoms with van der Waals surface area (Å²) in [5, 5.41) is 0. The minimum absolute atomic E-state index is 0.829. The predicted octanol–water partition coefficient (Wildman–Crippen LogP) is 4.47. The Morgan fingerprint density at radius 2 is 1.38 bits per heavy atom. The van der Waals surface area contributed by atoms with E-state index in [0.717, 1.165) is 17.8 Å². The molecule has 3 fully saturated rings. The Kier molecular flexibility index (Phi) is 7.80. The molecule has 4 nitrogen and oxygen atoms in total. The largest absolute Gasteiger partial charge is 0.422 e. The summed E-state index contributed by atoms with van der Waals surface area (Å²) < 4.78 is 25.6. The normalized spacial score (nSPS) is 32.4. The molecule has 0 bridgehead atoms. The Balaban J connectivity index is 1.68. The first-order valence-corrected chi connectivity index (χ1v) is 19.5. The van der Waals surface area contributed by atoms with Gasteiger partial charge in [0.1, 0.15) is 0 Å². The van der Waals surface area contributed by atoms with Gasteiger partial charge >= 0.3 is 26.4 Å². The Morgan fingerprint density at radius 1 is 0.846 bits per heavy atom. The summed E-state index contributed by atoms with van der Waals surface area (Å²) in [5.74, 6) is 2.66. The highest BCUT2D eigenvalue weighted by Crippen LogP contribution is 2.43. The molecule has 152 valence electrons. The summed E-state index contributed by atoms with van der Waals surface area (Å²) in [6.07, 6.45) is 14.4. The van der Waals surface area contributed by atoms with Crippen molar-refractivity contribution >= 4 is 36.4 Å². The van der Waals surface area contributed by atoms with Crippen LogP contribution in [0.1, 0.15) is 64.2 Å². The maximum atomic E-state index is 6.65. The van der Waals surface area contributed by atoms with Gasteiger partial charge in [-0.3, -0.25) is 0 Å². The van der Waals surface area contributed by atoms with Crippen molar-refractivity contribution in [1.82, 2.24) is 0 Å². The van der Waals surface area contributed by atoms with E-state index < -0.39 is 36.4 Å². The fourth-order valence-electron chi connectivity index (χ4n) is 5.48. The maximum absolute atomic E-state index is 6.65. The average Bonchev–Trinajstić information content (AvgIpc) is 2.58. The molecule has 0 radical (unpaired) electrons. The summed E-state index contributed by atoms with van der Waals surface area (Å²) in [5.41, 5.74) is 0. The van der Waals surface area contributed by atoms with Gasteiger partial charge in [-0.15, -0.1) is 0 Å². The van der Waals surface area contributed by atoms with Gasteiger partial charge in [0.2, 0.25) is 0 Å². The zero-order valence-electron chi connectivity index (χ0n) is 17.4. The van der Waals surface area contributed by atoms with E-state index >= 15 is 0 Å². The number of rotatable bonds is 4. The second-order valence-corrected chi connectivity index (χ2v) is 21.0. The van der Waals surface area contributed by atoms with Crippen molar-refractivity contribution in [3.8, 4) is 0 Å². The van der Waals surface area contributed by atoms with E-state index in [1.165, 1.54) is 70.3 Å². The zero-order chi connectivity index (χ0) is 18.6. The van der Waals surface area contributed by atoms with Crippen LogP contribution in [0.25, 0.3) is 0 Å². The third kappa shape index (κ3) is 6.37. The summed E-state index contributed by atoms with van der Waals surface area (Å²) >= 11 is 0. The Labute approximate surface area is 167 Å². The van der Waals surface area contributed by atoms with Crippen LogP contribution in [0.3, 0.4) is 0 Å². The fourth-order valence-corrected chi connectivity index (χ4v) is 19.8. The molecular weight excluding hydrogens is 393 g/mol. The quantitative estimate of drug-likeness (QED) is 0.614. The van der Waals surface area contributed by atoms with E-state index in [1.54, 1.807) is 0 Å². The molecule has 2 saturated carbocycles. The first-order chi connectivity index (χ1) is 12.3. The predicted molar refractivity (Wildman–Crippen MR) is 116 cm³/mol. The standard InChI is InChI=1S/C18H40O4Si4/c1-25(2)20-23-19-24(21-26(3,4)22-25)15-18(16-11-7-5-8-12-16)17-13-9-6-10-14-17/h16-18,24H,5-15,23H2,1-4H3. The van der Waals surface area contributed by atoms with Gasteiger partial charge in [0.05, 0.1) is 0 Å². The van der Waals surface area contributed by atoms with Crippen LogP contribution >= 0.6 is 0 Å². The molecule has 0 aromatic rings. The van der Waals surface area contributed by atoms with Crippen LogP contribution in [0.5, 0.6) is 0 Å². The highest BCUT2D eigenvalue weighted by atomic mass is 28.5. The summed E-state index contributed by atoms with van der Waals surface area (Å²) in [6.45, 7) is 8.65. The molecule has 8 heteroatoms. The summed E-state index contributed by atoms with van der Waals surface area (Å²) in [6, 6.07) is 1.20. The van der Waals surface area contributed by atoms with Crippen molar-refractivity contribution in [2.75, 3.05) is 0 Å². The van der Waals surface area contributed by atoms with Gasteiger partial charge in [-0.1, -0.05) is 64.2 Å². The van der Waals surface area contributed by atoms with Gasteiger partial charge < -0.3 is 16.5 Å². The van der Waals surface area contributed by atoms with Crippen molar-refractivity contribution in [2.45, 2.75) is 96.4 Å². The van der Waals surface area contributed by atoms with E-state index in [1.807, 2.05) is 0 Å². The van der Waals surface area contributed by atoms with Gasteiger partial charge in [-0.25, -0.2) is 0 Å². The Morgan fingerprint density at radius 3 is 1.92 bits per heavy atom. The third-order valence-electron chi connectivity index (χ3n) is 6.54. The lowest BCUT2D eigenvalue weighted by Crippen LogP contribution is -2.55. The molecule has 1 unspecified atom stereocenters. The first-order valence-electron chi connectivity index (χ1n) is 11.0. The van der Waals surface area contributed by atoms with E-state index in [-0.39, 0.29) is 0 Å². The van der Waals surface area contributed by atoms with Gasteiger partial charge in [0.25, 0.3) is 10.0 Å². The molecule has 3 rings (SSSR count). The Bertz CT molecular complexity index is 419. The monoisotopic (exact) mass is 432 g/mol. The van der Waals surface area contributed by atoms with Gasteiger partial charge in [-0.05, 0) is 50.0 Å². The molecule has 0 amide bonds. The third-order valence-corrected chi connectivity index (χ3v) is 20.0. The number of hydrogen-bond donors (Lipinski definition) is 0. The van der Waals surface area contributed by atoms with E-state index in [0.29, 0.717) is 0 Å². The minimum atomic E-state index is -2.14. The van der Waals surface area contributed by atoms with Crippen LogP contribution in [0, 0.1) is 17.8 Å². The van der Waals surface area contributed by atoms with E-state index in [2.05, 4.69) is 26.2 Å². The lowest BCUT2D eigenvalue weighted by molar-refractivity contribution is 0.150. The molecule has 26 heavy (non-hydrogen) atoms. The van der Waals surface area contributed by atoms with Crippen molar-refractivity contribution in [1.29, 1.82) is 0 Å². The molecule has 0 aromatic carbocycles. The van der Waals surface area contributed by atoms with Crippen molar-refractivity contribution < 1.29 is 16.5 Å². The SMILES string of the molecule is C[Si]1(C)O[SiH2]O[SiH](CC(C2CCCCC2)C2CCCCC2)O[Si](C)(C)O1. The molecule has 0 spiro atoms. The van der Waals surface area contributed by atoms with Crippen LogP contribution < -0.4 is 0 Å². The molecule has 1 aliphatic heterocycles. The van der Waals surface area contributed by atoms with Gasteiger partial charge in [-0.2, -0.15) is 0 Å². The summed E-state index contributed by atoms with van der Waals surface area (Å²) in [4.78, 5) is 0. The van der Waals surface area contributed by atoms with Crippen LogP contribution in [0.4, 0.5) is 0 Å². The van der Waals surface area contributed by atoms with Crippen LogP contribution in [-0.4, -0.2) is 36.4 Å². The molecule has 1 atom stereocenters. The summed E-state index contributed by atoms with van der Waals surface area (Å²) in [7, 11) is -6.83. The van der Waals surface area contributed by atoms with Crippen molar-refractivity contribution in [3.05, 3.63) is 0 Å². The molecule has 0 aromatic heterocycles. The van der Waals surface area contributed by atoms with Gasteiger partial charge in [0, 0.05) is 0 Å². The van der Waals surface area contributed by atoms with Gasteiger partial charge in [0.15, 0.2) is 0 Å². The lowest BCUT2D eigenvalue weighted by Gasteiger charge is -2.42. The molecule has 2 aliphatic carbocycles. The maximum Gasteiger partial charge on any atom is 0.313 e. The van der Waals surface area contributed by atoms with E-state index in [9.17, 15) is 0 Å². The van der Waals surface area contributed by atoms with Crippen molar-refractivity contribution in [3.63, 3.8) is 0 Å². The first kappa shape index (κ1) is 21.4. The van der Waals surface area contributed by atoms with E-state index in [4.69, 9.17) is 16.5 Å². The minimum Gasteiger partial charge on any atom is -0.422 e. The van der Waals surface area contributed by atoms with Crippen LogP contribution in [0.15, 0.2) is 0 Å². The van der Waals surface area contributed by atoms with Crippen LogP contribution in [-0.2, 0) is 16.5 Å². The van der Waals surface area contributed by atoms with Crippen molar-refractivity contribution in [2.24, 2.45) is 17.8 Å². The average molecular weight is 433 g/mol. The lowest BCUT2D eigenvalue weighted by atomic mass is 9.70. The topological polar surface area (TPSA) is 36.9 Å². The molecule has 0 N–H and O–H groups in total. The molecule has 3 aliphatic rings.